The van der Waals surface area contributed by atoms with Crippen LogP contribution < -0.4 is 0 Å². The number of hydrogen-bond acceptors (Lipinski definition) is 1. The molecule has 0 amide bonds. The van der Waals surface area contributed by atoms with Crippen LogP contribution in [0.3, 0.4) is 0 Å². The average Bonchev–Trinajstić information content (AvgIpc) is 2.41. The molecule has 0 unspecified atom stereocenters. The van der Waals surface area contributed by atoms with Gasteiger partial charge in [-0.05, 0) is 11.5 Å². The van der Waals surface area contributed by atoms with Crippen molar-refractivity contribution < 1.29 is 4.79 Å². The summed E-state index contributed by atoms with van der Waals surface area (Å²) in [7, 11) is 0. The quantitative estimate of drug-likeness (QED) is 0.637. The first kappa shape index (κ1) is 18.3. The molecular formula is C16H28O. The van der Waals surface area contributed by atoms with Gasteiger partial charge in [0.25, 0.3) is 0 Å². The largest absolute Gasteiger partial charge is 0.298 e. The Morgan fingerprint density at radius 1 is 1.00 bits per heavy atom. The zero-order valence-electron chi connectivity index (χ0n) is 12.3. The second-order valence-corrected chi connectivity index (χ2v) is 3.94. The second-order valence-electron chi connectivity index (χ2n) is 3.94. The lowest BCUT2D eigenvalue weighted by atomic mass is 10.0. The zero-order valence-corrected chi connectivity index (χ0v) is 12.3. The molecule has 1 aromatic rings. The molecule has 1 rings (SSSR count). The highest BCUT2D eigenvalue weighted by atomic mass is 16.1. The third-order valence-corrected chi connectivity index (χ3v) is 2.24. The summed E-state index contributed by atoms with van der Waals surface area (Å²) in [5, 5.41) is 0. The maximum Gasteiger partial charge on any atom is 0.150 e. The number of unbranched alkanes of at least 4 members (excludes halogenated alkanes) is 1. The molecule has 0 spiro atoms. The molecule has 1 heteroatoms. The van der Waals surface area contributed by atoms with Crippen molar-refractivity contribution in [3.63, 3.8) is 0 Å². The van der Waals surface area contributed by atoms with Crippen LogP contribution >= 0.6 is 0 Å². The fourth-order valence-electron chi connectivity index (χ4n) is 0.959. The first-order valence-corrected chi connectivity index (χ1v) is 6.70. The Labute approximate surface area is 107 Å². The lowest BCUT2D eigenvalue weighted by Gasteiger charge is -2.03. The van der Waals surface area contributed by atoms with E-state index in [2.05, 4.69) is 27.7 Å². The molecule has 0 atom stereocenters. The van der Waals surface area contributed by atoms with E-state index < -0.39 is 0 Å². The van der Waals surface area contributed by atoms with Gasteiger partial charge in [-0.15, -0.1) is 0 Å². The highest BCUT2D eigenvalue weighted by Crippen LogP contribution is 2.13. The van der Waals surface area contributed by atoms with Gasteiger partial charge in [0.2, 0.25) is 0 Å². The Bertz CT molecular complexity index is 257. The fourth-order valence-corrected chi connectivity index (χ4v) is 0.959. The van der Waals surface area contributed by atoms with Crippen molar-refractivity contribution in [2.24, 2.45) is 0 Å². The molecule has 1 aromatic carbocycles. The van der Waals surface area contributed by atoms with Gasteiger partial charge in [-0.2, -0.15) is 0 Å². The summed E-state index contributed by atoms with van der Waals surface area (Å²) in [5.74, 6) is 0.538. The van der Waals surface area contributed by atoms with Crippen LogP contribution in [0, 0.1) is 0 Å². The average molecular weight is 236 g/mol. The molecule has 0 aromatic heterocycles. The molecule has 0 radical (unpaired) electrons. The number of aldehydes is 1. The lowest BCUT2D eigenvalue weighted by molar-refractivity contribution is 0.112. The van der Waals surface area contributed by atoms with Gasteiger partial charge in [-0.1, -0.05) is 78.6 Å². The minimum Gasteiger partial charge on any atom is -0.298 e. The Balaban J connectivity index is 0. The van der Waals surface area contributed by atoms with Crippen molar-refractivity contribution in [1.82, 2.24) is 0 Å². The Morgan fingerprint density at radius 3 is 1.65 bits per heavy atom. The van der Waals surface area contributed by atoms with E-state index in [-0.39, 0.29) is 0 Å². The van der Waals surface area contributed by atoms with Gasteiger partial charge in [0.05, 0.1) is 0 Å². The Kier molecular flexibility index (Phi) is 13.9. The van der Waals surface area contributed by atoms with Crippen LogP contribution in [0.4, 0.5) is 0 Å². The third-order valence-electron chi connectivity index (χ3n) is 2.24. The van der Waals surface area contributed by atoms with Crippen molar-refractivity contribution >= 4 is 6.29 Å². The van der Waals surface area contributed by atoms with E-state index in [0.717, 1.165) is 11.8 Å². The third kappa shape index (κ3) is 9.80. The first-order chi connectivity index (χ1) is 8.15. The van der Waals surface area contributed by atoms with Crippen LogP contribution in [-0.2, 0) is 0 Å². The van der Waals surface area contributed by atoms with Gasteiger partial charge in [0.1, 0.15) is 6.29 Å². The molecule has 0 saturated heterocycles. The summed E-state index contributed by atoms with van der Waals surface area (Å²) in [4.78, 5) is 10.3. The Morgan fingerprint density at radius 2 is 1.41 bits per heavy atom. The summed E-state index contributed by atoms with van der Waals surface area (Å²) in [5.41, 5.74) is 2.02. The molecule has 0 N–H and O–H groups in total. The molecule has 0 aliphatic heterocycles. The van der Waals surface area contributed by atoms with Crippen molar-refractivity contribution in [3.05, 3.63) is 35.4 Å². The van der Waals surface area contributed by atoms with E-state index >= 15 is 0 Å². The van der Waals surface area contributed by atoms with Crippen LogP contribution in [0.1, 0.15) is 76.2 Å². The molecule has 0 heterocycles. The van der Waals surface area contributed by atoms with Gasteiger partial charge >= 0.3 is 0 Å². The molecule has 98 valence electrons. The molecule has 0 aliphatic rings. The fraction of sp³-hybridized carbons (Fsp3) is 0.562. The first-order valence-electron chi connectivity index (χ1n) is 6.70. The van der Waals surface area contributed by atoms with Gasteiger partial charge in [-0.25, -0.2) is 0 Å². The highest BCUT2D eigenvalue weighted by Gasteiger charge is 1.96. The predicted octanol–water partition coefficient (Wildman–Crippen LogP) is 5.46. The van der Waals surface area contributed by atoms with Gasteiger partial charge < -0.3 is 0 Å². The van der Waals surface area contributed by atoms with Crippen molar-refractivity contribution in [1.29, 1.82) is 0 Å². The van der Waals surface area contributed by atoms with E-state index in [9.17, 15) is 4.79 Å². The highest BCUT2D eigenvalue weighted by molar-refractivity contribution is 5.74. The molecule has 1 nitrogen and oxygen atoms in total. The topological polar surface area (TPSA) is 17.1 Å². The van der Waals surface area contributed by atoms with Crippen molar-refractivity contribution in [2.45, 2.75) is 60.3 Å². The van der Waals surface area contributed by atoms with Crippen LogP contribution in [-0.4, -0.2) is 6.29 Å². The smallest absolute Gasteiger partial charge is 0.150 e. The molecule has 17 heavy (non-hydrogen) atoms. The normalized spacial score (nSPS) is 8.65. The van der Waals surface area contributed by atoms with Gasteiger partial charge in [0, 0.05) is 5.56 Å². The number of benzene rings is 1. The summed E-state index contributed by atoms with van der Waals surface area (Å²) in [6.45, 7) is 12.6. The lowest BCUT2D eigenvalue weighted by Crippen LogP contribution is -1.87. The maximum absolute atomic E-state index is 10.3. The summed E-state index contributed by atoms with van der Waals surface area (Å²) >= 11 is 0. The summed E-state index contributed by atoms with van der Waals surface area (Å²) in [6.07, 6.45) is 3.50. The van der Waals surface area contributed by atoms with Crippen LogP contribution in [0.25, 0.3) is 0 Å². The molecule has 0 aliphatic carbocycles. The van der Waals surface area contributed by atoms with E-state index in [4.69, 9.17) is 0 Å². The Hall–Kier alpha value is -1.11. The van der Waals surface area contributed by atoms with Gasteiger partial charge in [-0.3, -0.25) is 4.79 Å². The number of hydrogen-bond donors (Lipinski definition) is 0. The predicted molar refractivity (Wildman–Crippen MR) is 77.8 cm³/mol. The molecule has 0 saturated carbocycles. The molecular weight excluding hydrogens is 208 g/mol. The summed E-state index contributed by atoms with van der Waals surface area (Å²) in [6, 6.07) is 7.69. The van der Waals surface area contributed by atoms with Crippen LogP contribution in [0.5, 0.6) is 0 Å². The van der Waals surface area contributed by atoms with Gasteiger partial charge in [0.15, 0.2) is 0 Å². The van der Waals surface area contributed by atoms with E-state index in [1.165, 1.54) is 18.4 Å². The van der Waals surface area contributed by atoms with Crippen LogP contribution in [0.2, 0.25) is 0 Å². The van der Waals surface area contributed by atoms with Crippen LogP contribution in [0.15, 0.2) is 24.3 Å². The zero-order chi connectivity index (χ0) is 13.7. The second kappa shape index (κ2) is 13.0. The van der Waals surface area contributed by atoms with E-state index in [1.54, 1.807) is 0 Å². The van der Waals surface area contributed by atoms with Crippen molar-refractivity contribution in [3.8, 4) is 0 Å². The standard InChI is InChI=1S/C10H12O.C4H10.C2H6/c1-8(2)10-5-3-9(7-11)4-6-10;1-3-4-2;1-2/h3-8H,1-2H3;3-4H2,1-2H3;1-2H3. The molecule has 0 fully saturated rings. The monoisotopic (exact) mass is 236 g/mol. The SMILES string of the molecule is CC.CC(C)c1ccc(C=O)cc1.CCCC. The van der Waals surface area contributed by atoms with Crippen molar-refractivity contribution in [2.75, 3.05) is 0 Å². The van der Waals surface area contributed by atoms with E-state index in [0.29, 0.717) is 5.92 Å². The number of carbonyl (C=O) groups is 1. The molecule has 0 bridgehead atoms. The maximum atomic E-state index is 10.3. The minimum absolute atomic E-state index is 0.538. The minimum atomic E-state index is 0.538. The van der Waals surface area contributed by atoms with E-state index in [1.807, 2.05) is 38.1 Å². The number of rotatable bonds is 3. The number of carbonyl (C=O) groups excluding carboxylic acids is 1. The summed E-state index contributed by atoms with van der Waals surface area (Å²) < 4.78 is 0.